The molecule has 0 unspecified atom stereocenters. The molecule has 1 heterocycles. The minimum absolute atomic E-state index is 0.0855. The molecule has 0 spiro atoms. The third-order valence-electron chi connectivity index (χ3n) is 3.47. The number of aromatic nitrogens is 2. The molecule has 7 heteroatoms. The van der Waals surface area contributed by atoms with Crippen LogP contribution in [-0.4, -0.2) is 30.4 Å². The Kier molecular flexibility index (Phi) is 3.99. The predicted octanol–water partition coefficient (Wildman–Crippen LogP) is 1.59. The fourth-order valence-electron chi connectivity index (χ4n) is 1.87. The van der Waals surface area contributed by atoms with Gasteiger partial charge in [-0.2, -0.15) is 0 Å². The molecule has 1 aliphatic rings. The zero-order valence-corrected chi connectivity index (χ0v) is 12.0. The molecule has 0 bridgehead atoms. The van der Waals surface area contributed by atoms with Crippen LogP contribution in [0.15, 0.2) is 17.6 Å². The van der Waals surface area contributed by atoms with Crippen LogP contribution < -0.4 is 4.72 Å². The number of aryl methyl sites for hydroxylation is 1. The average Bonchev–Trinajstić information content (AvgIpc) is 2.93. The lowest BCUT2D eigenvalue weighted by molar-refractivity contribution is 0.477. The summed E-state index contributed by atoms with van der Waals surface area (Å²) in [5.41, 5.74) is 0.0855. The summed E-state index contributed by atoms with van der Waals surface area (Å²) in [6.07, 6.45) is 6.03. The van der Waals surface area contributed by atoms with Gasteiger partial charge in [-0.25, -0.2) is 18.1 Å². The lowest BCUT2D eigenvalue weighted by Gasteiger charge is -2.13. The second-order valence-electron chi connectivity index (χ2n) is 4.81. The molecule has 1 aromatic heterocycles. The Morgan fingerprint density at radius 1 is 1.56 bits per heavy atom. The van der Waals surface area contributed by atoms with Gasteiger partial charge in [0.2, 0.25) is 0 Å². The topological polar surface area (TPSA) is 64.0 Å². The van der Waals surface area contributed by atoms with Crippen molar-refractivity contribution in [2.45, 2.75) is 37.8 Å². The first kappa shape index (κ1) is 13.8. The molecule has 0 amide bonds. The van der Waals surface area contributed by atoms with E-state index in [9.17, 15) is 8.42 Å². The van der Waals surface area contributed by atoms with Crippen molar-refractivity contribution in [3.05, 3.63) is 12.5 Å². The summed E-state index contributed by atoms with van der Waals surface area (Å²) in [5.74, 6) is 0.576. The van der Waals surface area contributed by atoms with E-state index in [0.29, 0.717) is 19.0 Å². The molecule has 0 aromatic carbocycles. The molecule has 1 aromatic rings. The van der Waals surface area contributed by atoms with E-state index in [-0.39, 0.29) is 10.4 Å². The Labute approximate surface area is 113 Å². The Balaban J connectivity index is 1.99. The molecule has 0 aliphatic heterocycles. The van der Waals surface area contributed by atoms with Crippen molar-refractivity contribution < 1.29 is 8.42 Å². The molecule has 18 heavy (non-hydrogen) atoms. The number of alkyl halides is 1. The third kappa shape index (κ3) is 3.05. The molecule has 1 N–H and O–H groups in total. The van der Waals surface area contributed by atoms with E-state index in [4.69, 9.17) is 11.6 Å². The molecule has 0 atom stereocenters. The summed E-state index contributed by atoms with van der Waals surface area (Å²) in [4.78, 5) is 3.91. The first-order valence-electron chi connectivity index (χ1n) is 6.09. The van der Waals surface area contributed by atoms with Gasteiger partial charge < -0.3 is 4.57 Å². The van der Waals surface area contributed by atoms with Gasteiger partial charge in [-0.05, 0) is 31.6 Å². The highest BCUT2D eigenvalue weighted by Gasteiger charge is 2.42. The van der Waals surface area contributed by atoms with Gasteiger partial charge in [-0.15, -0.1) is 11.6 Å². The Morgan fingerprint density at radius 3 is 2.78 bits per heavy atom. The minimum atomic E-state index is -3.49. The number of hydrogen-bond donors (Lipinski definition) is 1. The predicted molar refractivity (Wildman–Crippen MR) is 70.1 cm³/mol. The first-order valence-corrected chi connectivity index (χ1v) is 8.10. The maximum atomic E-state index is 12.0. The van der Waals surface area contributed by atoms with Gasteiger partial charge in [0, 0.05) is 25.2 Å². The van der Waals surface area contributed by atoms with Crippen molar-refractivity contribution in [3.8, 4) is 0 Å². The van der Waals surface area contributed by atoms with Crippen molar-refractivity contribution in [3.63, 3.8) is 0 Å². The van der Waals surface area contributed by atoms with Crippen molar-refractivity contribution >= 4 is 21.6 Å². The Hall–Kier alpha value is -0.590. The zero-order valence-electron chi connectivity index (χ0n) is 10.4. The number of imidazole rings is 1. The SMILES string of the molecule is CCn1cnc(S(=O)(=O)NCC2(CCCl)CC2)c1. The van der Waals surface area contributed by atoms with Crippen LogP contribution in [0.4, 0.5) is 0 Å². The molecule has 1 aliphatic carbocycles. The normalized spacial score (nSPS) is 17.9. The van der Waals surface area contributed by atoms with Crippen molar-refractivity contribution in [2.24, 2.45) is 5.41 Å². The van der Waals surface area contributed by atoms with Crippen molar-refractivity contribution in [2.75, 3.05) is 12.4 Å². The number of rotatable bonds is 7. The summed E-state index contributed by atoms with van der Waals surface area (Å²) in [6.45, 7) is 3.10. The molecule has 0 radical (unpaired) electrons. The summed E-state index contributed by atoms with van der Waals surface area (Å²) >= 11 is 5.72. The number of hydrogen-bond acceptors (Lipinski definition) is 3. The Bertz CT molecular complexity index is 508. The Morgan fingerprint density at radius 2 is 2.28 bits per heavy atom. The van der Waals surface area contributed by atoms with E-state index in [2.05, 4.69) is 9.71 Å². The maximum Gasteiger partial charge on any atom is 0.259 e. The molecular weight excluding hydrogens is 274 g/mol. The molecule has 102 valence electrons. The van der Waals surface area contributed by atoms with Crippen LogP contribution in [0, 0.1) is 5.41 Å². The van der Waals surface area contributed by atoms with Crippen LogP contribution >= 0.6 is 11.6 Å². The fourth-order valence-corrected chi connectivity index (χ4v) is 3.37. The van der Waals surface area contributed by atoms with E-state index in [0.717, 1.165) is 19.3 Å². The number of sulfonamides is 1. The molecule has 1 saturated carbocycles. The third-order valence-corrected chi connectivity index (χ3v) is 4.94. The summed E-state index contributed by atoms with van der Waals surface area (Å²) in [5, 5.41) is 0.0889. The lowest BCUT2D eigenvalue weighted by atomic mass is 10.1. The summed E-state index contributed by atoms with van der Waals surface area (Å²) < 4.78 is 28.4. The highest BCUT2D eigenvalue weighted by Crippen LogP contribution is 2.48. The second-order valence-corrected chi connectivity index (χ2v) is 6.90. The van der Waals surface area contributed by atoms with E-state index >= 15 is 0 Å². The van der Waals surface area contributed by atoms with Gasteiger partial charge in [-0.3, -0.25) is 0 Å². The first-order chi connectivity index (χ1) is 8.51. The highest BCUT2D eigenvalue weighted by molar-refractivity contribution is 7.89. The van der Waals surface area contributed by atoms with E-state index < -0.39 is 10.0 Å². The van der Waals surface area contributed by atoms with E-state index in [1.807, 2.05) is 6.92 Å². The summed E-state index contributed by atoms with van der Waals surface area (Å²) in [6, 6.07) is 0. The summed E-state index contributed by atoms with van der Waals surface area (Å²) in [7, 11) is -3.49. The highest BCUT2D eigenvalue weighted by atomic mass is 35.5. The maximum absolute atomic E-state index is 12.0. The van der Waals surface area contributed by atoms with Crippen LogP contribution in [-0.2, 0) is 16.6 Å². The van der Waals surface area contributed by atoms with Crippen LogP contribution in [0.5, 0.6) is 0 Å². The average molecular weight is 292 g/mol. The molecule has 1 fully saturated rings. The van der Waals surface area contributed by atoms with Gasteiger partial charge in [0.05, 0.1) is 6.33 Å². The van der Waals surface area contributed by atoms with Crippen LogP contribution in [0.3, 0.4) is 0 Å². The standard InChI is InChI=1S/C11H18ClN3O2S/c1-2-15-7-10(13-9-15)18(16,17)14-8-11(3-4-11)5-6-12/h7,9,14H,2-6,8H2,1H3. The van der Waals surface area contributed by atoms with Gasteiger partial charge in [0.25, 0.3) is 10.0 Å². The van der Waals surface area contributed by atoms with Gasteiger partial charge in [-0.1, -0.05) is 0 Å². The number of nitrogens with zero attached hydrogens (tertiary/aromatic N) is 2. The monoisotopic (exact) mass is 291 g/mol. The van der Waals surface area contributed by atoms with Gasteiger partial charge >= 0.3 is 0 Å². The van der Waals surface area contributed by atoms with Gasteiger partial charge in [0.1, 0.15) is 0 Å². The molecule has 5 nitrogen and oxygen atoms in total. The smallest absolute Gasteiger partial charge is 0.259 e. The molecule has 0 saturated heterocycles. The number of halogens is 1. The zero-order chi connectivity index (χ0) is 13.2. The molecular formula is C11H18ClN3O2S. The second kappa shape index (κ2) is 5.19. The quantitative estimate of drug-likeness (QED) is 0.776. The largest absolute Gasteiger partial charge is 0.336 e. The fraction of sp³-hybridized carbons (Fsp3) is 0.727. The van der Waals surface area contributed by atoms with Crippen molar-refractivity contribution in [1.82, 2.24) is 14.3 Å². The van der Waals surface area contributed by atoms with Gasteiger partial charge in [0.15, 0.2) is 5.03 Å². The van der Waals surface area contributed by atoms with Crippen LogP contribution in [0.2, 0.25) is 0 Å². The van der Waals surface area contributed by atoms with Crippen LogP contribution in [0.1, 0.15) is 26.2 Å². The van der Waals surface area contributed by atoms with Crippen LogP contribution in [0.25, 0.3) is 0 Å². The van der Waals surface area contributed by atoms with E-state index in [1.54, 1.807) is 10.8 Å². The molecule has 2 rings (SSSR count). The number of nitrogens with one attached hydrogen (secondary N) is 1. The van der Waals surface area contributed by atoms with Crippen molar-refractivity contribution in [1.29, 1.82) is 0 Å². The lowest BCUT2D eigenvalue weighted by Crippen LogP contribution is -2.30. The minimum Gasteiger partial charge on any atom is -0.336 e. The van der Waals surface area contributed by atoms with E-state index in [1.165, 1.54) is 6.33 Å².